The minimum Gasteiger partial charge on any atom is -0.369 e. The van der Waals surface area contributed by atoms with Crippen LogP contribution in [0.1, 0.15) is 62.8 Å². The number of nitrogen functional groups attached to an aromatic ring is 1. The summed E-state index contributed by atoms with van der Waals surface area (Å²) in [6.45, 7) is 0. The highest BCUT2D eigenvalue weighted by molar-refractivity contribution is 5.26. The van der Waals surface area contributed by atoms with E-state index in [0.717, 1.165) is 12.8 Å². The molecule has 0 unspecified atom stereocenters. The van der Waals surface area contributed by atoms with Crippen LogP contribution in [0.2, 0.25) is 0 Å². The van der Waals surface area contributed by atoms with Crippen LogP contribution in [0.25, 0.3) is 0 Å². The molecular weight excluding hydrogens is 198 g/mol. The molecule has 0 aliphatic heterocycles. The number of nitrogens with zero attached hydrogens (tertiary/aromatic N) is 1. The van der Waals surface area contributed by atoms with Crippen molar-refractivity contribution in [2.24, 2.45) is 0 Å². The van der Waals surface area contributed by atoms with Gasteiger partial charge in [-0.2, -0.15) is 0 Å². The van der Waals surface area contributed by atoms with Crippen LogP contribution in [0.4, 0.5) is 5.95 Å². The number of hydrogen-bond donors (Lipinski definition) is 2. The number of H-pyrrole nitrogens is 1. The Balaban J connectivity index is 1.99. The predicted octanol–water partition coefficient (Wildman–Crippen LogP) is 3.21. The molecule has 0 atom stereocenters. The van der Waals surface area contributed by atoms with Crippen molar-refractivity contribution in [3.63, 3.8) is 0 Å². The molecule has 3 N–H and O–H groups in total. The van der Waals surface area contributed by atoms with E-state index in [2.05, 4.69) is 9.97 Å². The van der Waals surface area contributed by atoms with Gasteiger partial charge in [-0.3, -0.25) is 0 Å². The summed E-state index contributed by atoms with van der Waals surface area (Å²) < 4.78 is 0. The van der Waals surface area contributed by atoms with E-state index in [1.165, 1.54) is 62.8 Å². The molecule has 90 valence electrons. The summed E-state index contributed by atoms with van der Waals surface area (Å²) in [5, 5.41) is 0. The molecule has 0 saturated carbocycles. The van der Waals surface area contributed by atoms with Gasteiger partial charge < -0.3 is 10.7 Å². The summed E-state index contributed by atoms with van der Waals surface area (Å²) in [6, 6.07) is 0. The average molecular weight is 221 g/mol. The van der Waals surface area contributed by atoms with Crippen LogP contribution in [0.15, 0.2) is 0 Å². The number of rotatable bonds is 0. The molecule has 2 rings (SSSR count). The lowest BCUT2D eigenvalue weighted by atomic mass is 10.0. The highest BCUT2D eigenvalue weighted by Gasteiger charge is 2.08. The van der Waals surface area contributed by atoms with Crippen molar-refractivity contribution in [2.75, 3.05) is 5.73 Å². The summed E-state index contributed by atoms with van der Waals surface area (Å²) in [6.07, 6.45) is 13.0. The number of imidazole rings is 1. The highest BCUT2D eigenvalue weighted by atomic mass is 15.0. The van der Waals surface area contributed by atoms with Crippen molar-refractivity contribution in [3.05, 3.63) is 11.4 Å². The first-order valence-corrected chi connectivity index (χ1v) is 6.69. The van der Waals surface area contributed by atoms with Crippen LogP contribution in [-0.4, -0.2) is 9.97 Å². The number of anilines is 1. The van der Waals surface area contributed by atoms with Crippen molar-refractivity contribution >= 4 is 5.95 Å². The van der Waals surface area contributed by atoms with Crippen LogP contribution in [0.3, 0.4) is 0 Å². The van der Waals surface area contributed by atoms with Crippen molar-refractivity contribution in [2.45, 2.75) is 64.2 Å². The lowest BCUT2D eigenvalue weighted by Crippen LogP contribution is -1.96. The average Bonchev–Trinajstić information content (AvgIpc) is 2.59. The first-order chi connectivity index (χ1) is 7.86. The van der Waals surface area contributed by atoms with Crippen molar-refractivity contribution in [1.29, 1.82) is 0 Å². The number of fused-ring (bicyclic) bond motifs is 1. The smallest absolute Gasteiger partial charge is 0.197 e. The molecule has 1 aromatic heterocycles. The molecule has 0 spiro atoms. The molecule has 0 amide bonds. The Morgan fingerprint density at radius 2 is 1.38 bits per heavy atom. The summed E-state index contributed by atoms with van der Waals surface area (Å²) in [7, 11) is 0. The fraction of sp³-hybridized carbons (Fsp3) is 0.769. The van der Waals surface area contributed by atoms with Gasteiger partial charge in [-0.1, -0.05) is 38.5 Å². The topological polar surface area (TPSA) is 54.7 Å². The molecule has 1 heterocycles. The molecule has 3 nitrogen and oxygen atoms in total. The molecule has 3 heteroatoms. The SMILES string of the molecule is Nc1nc2c([nH]1)CCCCCCCCCC2. The monoisotopic (exact) mass is 221 g/mol. The standard InChI is InChI=1S/C13H23N3/c14-13-15-11-9-7-5-3-1-2-4-6-8-10-12(11)16-13/h1-10H2,(H3,14,15,16). The maximum Gasteiger partial charge on any atom is 0.197 e. The van der Waals surface area contributed by atoms with Crippen LogP contribution in [-0.2, 0) is 12.8 Å². The van der Waals surface area contributed by atoms with E-state index in [1.807, 2.05) is 0 Å². The van der Waals surface area contributed by atoms with Gasteiger partial charge in [-0.15, -0.1) is 0 Å². The lowest BCUT2D eigenvalue weighted by Gasteiger charge is -2.06. The van der Waals surface area contributed by atoms with E-state index in [1.54, 1.807) is 0 Å². The number of aromatic nitrogens is 2. The fourth-order valence-electron chi connectivity index (χ4n) is 2.54. The molecule has 0 fully saturated rings. The third-order valence-electron chi connectivity index (χ3n) is 3.47. The Bertz CT molecular complexity index is 287. The van der Waals surface area contributed by atoms with Crippen molar-refractivity contribution in [1.82, 2.24) is 9.97 Å². The number of nitrogens with one attached hydrogen (secondary N) is 1. The quantitative estimate of drug-likeness (QED) is 0.706. The Morgan fingerprint density at radius 3 is 2.06 bits per heavy atom. The van der Waals surface area contributed by atoms with Gasteiger partial charge >= 0.3 is 0 Å². The van der Waals surface area contributed by atoms with Gasteiger partial charge in [-0.05, 0) is 25.7 Å². The van der Waals surface area contributed by atoms with Gasteiger partial charge in [0.05, 0.1) is 5.69 Å². The second kappa shape index (κ2) is 5.92. The number of nitrogens with two attached hydrogens (primary N) is 1. The molecule has 1 aliphatic carbocycles. The number of hydrogen-bond acceptors (Lipinski definition) is 2. The zero-order valence-electron chi connectivity index (χ0n) is 10.1. The zero-order chi connectivity index (χ0) is 11.2. The summed E-state index contributed by atoms with van der Waals surface area (Å²) in [4.78, 5) is 7.62. The molecule has 1 aromatic rings. The van der Waals surface area contributed by atoms with Crippen molar-refractivity contribution in [3.8, 4) is 0 Å². The van der Waals surface area contributed by atoms with E-state index in [9.17, 15) is 0 Å². The maximum absolute atomic E-state index is 5.73. The lowest BCUT2D eigenvalue weighted by molar-refractivity contribution is 0.556. The maximum atomic E-state index is 5.73. The third-order valence-corrected chi connectivity index (χ3v) is 3.47. The molecule has 1 aliphatic rings. The van der Waals surface area contributed by atoms with Gasteiger partial charge in [0.2, 0.25) is 0 Å². The van der Waals surface area contributed by atoms with Gasteiger partial charge in [0.1, 0.15) is 0 Å². The predicted molar refractivity (Wildman–Crippen MR) is 67.3 cm³/mol. The normalized spacial score (nSPS) is 19.5. The first kappa shape index (κ1) is 11.5. The minimum atomic E-state index is 0.597. The summed E-state index contributed by atoms with van der Waals surface area (Å²) >= 11 is 0. The van der Waals surface area contributed by atoms with Crippen LogP contribution >= 0.6 is 0 Å². The second-order valence-electron chi connectivity index (χ2n) is 4.88. The Labute approximate surface area is 97.8 Å². The van der Waals surface area contributed by atoms with E-state index < -0.39 is 0 Å². The third kappa shape index (κ3) is 3.26. The number of aryl methyl sites for hydroxylation is 2. The first-order valence-electron chi connectivity index (χ1n) is 6.69. The molecular formula is C13H23N3. The van der Waals surface area contributed by atoms with E-state index in [4.69, 9.17) is 5.73 Å². The number of aromatic amines is 1. The van der Waals surface area contributed by atoms with Gasteiger partial charge in [-0.25, -0.2) is 4.98 Å². The van der Waals surface area contributed by atoms with Gasteiger partial charge in [0.25, 0.3) is 0 Å². The Morgan fingerprint density at radius 1 is 0.812 bits per heavy atom. The summed E-state index contributed by atoms with van der Waals surface area (Å²) in [5.74, 6) is 0.597. The van der Waals surface area contributed by atoms with Gasteiger partial charge in [0.15, 0.2) is 5.95 Å². The van der Waals surface area contributed by atoms with Crippen LogP contribution in [0.5, 0.6) is 0 Å². The molecule has 16 heavy (non-hydrogen) atoms. The van der Waals surface area contributed by atoms with Crippen LogP contribution in [0, 0.1) is 0 Å². The van der Waals surface area contributed by atoms with Crippen LogP contribution < -0.4 is 5.73 Å². The molecule has 0 aromatic carbocycles. The van der Waals surface area contributed by atoms with E-state index in [0.29, 0.717) is 5.95 Å². The second-order valence-corrected chi connectivity index (χ2v) is 4.88. The minimum absolute atomic E-state index is 0.597. The van der Waals surface area contributed by atoms with Crippen molar-refractivity contribution < 1.29 is 0 Å². The highest BCUT2D eigenvalue weighted by Crippen LogP contribution is 2.18. The Kier molecular flexibility index (Phi) is 4.25. The van der Waals surface area contributed by atoms with E-state index in [-0.39, 0.29) is 0 Å². The Hall–Kier alpha value is -0.990. The van der Waals surface area contributed by atoms with E-state index >= 15 is 0 Å². The fourth-order valence-corrected chi connectivity index (χ4v) is 2.54. The zero-order valence-corrected chi connectivity index (χ0v) is 10.1. The molecule has 0 radical (unpaired) electrons. The summed E-state index contributed by atoms with van der Waals surface area (Å²) in [5.41, 5.74) is 8.24. The largest absolute Gasteiger partial charge is 0.369 e. The van der Waals surface area contributed by atoms with Gasteiger partial charge in [0, 0.05) is 5.69 Å². The molecule has 0 bridgehead atoms. The molecule has 0 saturated heterocycles.